The van der Waals surface area contributed by atoms with E-state index in [0.29, 0.717) is 0 Å². The van der Waals surface area contributed by atoms with Crippen LogP contribution < -0.4 is 0 Å². The molecule has 0 N–H and O–H groups in total. The zero-order chi connectivity index (χ0) is 20.6. The van der Waals surface area contributed by atoms with Gasteiger partial charge in [-0.3, -0.25) is 19.2 Å². The number of ether oxygens (including phenoxy) is 5. The highest BCUT2D eigenvalue weighted by atomic mass is 33.1. The molecule has 1 aliphatic heterocycles. The van der Waals surface area contributed by atoms with Crippen molar-refractivity contribution in [3.05, 3.63) is 0 Å². The second kappa shape index (κ2) is 11.4. The molecule has 1 rings (SSSR count). The van der Waals surface area contributed by atoms with Gasteiger partial charge in [0.15, 0.2) is 23.7 Å². The zero-order valence-corrected chi connectivity index (χ0v) is 17.4. The molecular formula is C16H24O9S2. The minimum Gasteiger partial charge on any atom is -0.463 e. The van der Waals surface area contributed by atoms with E-state index in [1.807, 2.05) is 6.92 Å². The number of hydrogen-bond acceptors (Lipinski definition) is 11. The highest BCUT2D eigenvalue weighted by Gasteiger charge is 2.52. The van der Waals surface area contributed by atoms with Crippen molar-refractivity contribution in [3.8, 4) is 0 Å². The van der Waals surface area contributed by atoms with Crippen molar-refractivity contribution >= 4 is 45.5 Å². The van der Waals surface area contributed by atoms with Gasteiger partial charge >= 0.3 is 23.9 Å². The molecule has 0 bridgehead atoms. The van der Waals surface area contributed by atoms with Crippen molar-refractivity contribution in [2.24, 2.45) is 0 Å². The average molecular weight is 424 g/mol. The molecule has 27 heavy (non-hydrogen) atoms. The summed E-state index contributed by atoms with van der Waals surface area (Å²) in [5.41, 5.74) is -0.726. The van der Waals surface area contributed by atoms with Crippen LogP contribution in [0.4, 0.5) is 0 Å². The van der Waals surface area contributed by atoms with E-state index in [9.17, 15) is 19.2 Å². The Morgan fingerprint density at radius 3 is 1.81 bits per heavy atom. The minimum absolute atomic E-state index is 0.217. The summed E-state index contributed by atoms with van der Waals surface area (Å²) in [5, 5.41) is 0. The summed E-state index contributed by atoms with van der Waals surface area (Å²) >= 11 is 0. The Bertz CT molecular complexity index is 554. The van der Waals surface area contributed by atoms with Crippen molar-refractivity contribution in [1.82, 2.24) is 0 Å². The van der Waals surface area contributed by atoms with Crippen LogP contribution in [0.15, 0.2) is 0 Å². The van der Waals surface area contributed by atoms with Crippen LogP contribution in [0.3, 0.4) is 0 Å². The summed E-state index contributed by atoms with van der Waals surface area (Å²) in [7, 11) is 2.73. The van der Waals surface area contributed by atoms with Crippen LogP contribution in [-0.4, -0.2) is 66.1 Å². The number of rotatable bonds is 8. The lowest BCUT2D eigenvalue weighted by atomic mass is 9.99. The molecule has 0 aromatic rings. The van der Waals surface area contributed by atoms with E-state index in [-0.39, 0.29) is 6.61 Å². The van der Waals surface area contributed by atoms with Crippen molar-refractivity contribution < 1.29 is 42.9 Å². The maximum Gasteiger partial charge on any atom is 0.303 e. The van der Waals surface area contributed by atoms with Gasteiger partial charge in [0.1, 0.15) is 12.7 Å². The first-order valence-corrected chi connectivity index (χ1v) is 10.6. The van der Waals surface area contributed by atoms with Gasteiger partial charge < -0.3 is 23.7 Å². The Morgan fingerprint density at radius 1 is 0.815 bits per heavy atom. The van der Waals surface area contributed by atoms with Gasteiger partial charge in [-0.05, 0) is 0 Å². The molecule has 1 heterocycles. The summed E-state index contributed by atoms with van der Waals surface area (Å²) in [6.07, 6.45) is -4.13. The summed E-state index contributed by atoms with van der Waals surface area (Å²) in [6, 6.07) is 0. The Balaban J connectivity index is 3.22. The Kier molecular flexibility index (Phi) is 9.95. The standard InChI is InChI=1S/C16H24O9S2/c1-6-26-27-16-15(24-11(5)20)14(23-10(4)19)13(22-9(3)18)12(25-16)7-21-8(2)17/h12-16H,6-7H2,1-5H3/t12-,13-,14+,15-,16+/m1/s1. The van der Waals surface area contributed by atoms with Crippen molar-refractivity contribution in [3.63, 3.8) is 0 Å². The van der Waals surface area contributed by atoms with Crippen LogP contribution in [0.2, 0.25) is 0 Å². The van der Waals surface area contributed by atoms with E-state index >= 15 is 0 Å². The van der Waals surface area contributed by atoms with E-state index in [0.717, 1.165) is 5.75 Å². The van der Waals surface area contributed by atoms with Crippen LogP contribution in [-0.2, 0) is 42.9 Å². The number of esters is 4. The minimum atomic E-state index is -1.11. The van der Waals surface area contributed by atoms with E-state index in [4.69, 9.17) is 23.7 Å². The summed E-state index contributed by atoms with van der Waals surface area (Å²) in [4.78, 5) is 46.0. The predicted octanol–water partition coefficient (Wildman–Crippen LogP) is 1.47. The zero-order valence-electron chi connectivity index (χ0n) is 15.8. The molecule has 0 aromatic heterocycles. The first-order chi connectivity index (χ1) is 12.6. The lowest BCUT2D eigenvalue weighted by molar-refractivity contribution is -0.237. The molecule has 9 nitrogen and oxygen atoms in total. The van der Waals surface area contributed by atoms with Crippen LogP contribution in [0.1, 0.15) is 34.6 Å². The van der Waals surface area contributed by atoms with Gasteiger partial charge in [-0.25, -0.2) is 0 Å². The smallest absolute Gasteiger partial charge is 0.303 e. The normalized spacial score (nSPS) is 27.4. The predicted molar refractivity (Wildman–Crippen MR) is 97.7 cm³/mol. The third-order valence-electron chi connectivity index (χ3n) is 3.23. The molecule has 0 aromatic carbocycles. The molecule has 5 atom stereocenters. The van der Waals surface area contributed by atoms with E-state index in [2.05, 4.69) is 0 Å². The topological polar surface area (TPSA) is 114 Å². The summed E-state index contributed by atoms with van der Waals surface area (Å²) in [6.45, 7) is 6.53. The lowest BCUT2D eigenvalue weighted by Crippen LogP contribution is -2.61. The fraction of sp³-hybridized carbons (Fsp3) is 0.750. The summed E-state index contributed by atoms with van der Waals surface area (Å²) < 4.78 is 26.8. The molecule has 0 amide bonds. The van der Waals surface area contributed by atoms with E-state index in [1.54, 1.807) is 0 Å². The van der Waals surface area contributed by atoms with Gasteiger partial charge in [0.05, 0.1) is 0 Å². The number of carbonyl (C=O) groups is 4. The van der Waals surface area contributed by atoms with Crippen LogP contribution in [0, 0.1) is 0 Å². The van der Waals surface area contributed by atoms with Crippen LogP contribution in [0.5, 0.6) is 0 Å². The second-order valence-electron chi connectivity index (χ2n) is 5.57. The Labute approximate surface area is 165 Å². The van der Waals surface area contributed by atoms with Gasteiger partial charge in [0, 0.05) is 33.4 Å². The monoisotopic (exact) mass is 424 g/mol. The SMILES string of the molecule is CCSS[C@@H]1O[C@H](COC(C)=O)[C@@H](OC(C)=O)[C@H](OC(C)=O)[C@H]1OC(C)=O. The fourth-order valence-electron chi connectivity index (χ4n) is 2.40. The first kappa shape index (κ1) is 23.6. The summed E-state index contributed by atoms with van der Waals surface area (Å²) in [5.74, 6) is -1.69. The van der Waals surface area contributed by atoms with Crippen molar-refractivity contribution in [2.45, 2.75) is 64.5 Å². The van der Waals surface area contributed by atoms with E-state index < -0.39 is 53.7 Å². The molecule has 1 fully saturated rings. The molecular weight excluding hydrogens is 400 g/mol. The van der Waals surface area contributed by atoms with Gasteiger partial charge in [-0.15, -0.1) is 0 Å². The molecule has 11 heteroatoms. The number of carbonyl (C=O) groups excluding carboxylic acids is 4. The molecule has 1 aliphatic rings. The second-order valence-corrected chi connectivity index (χ2v) is 8.32. The first-order valence-electron chi connectivity index (χ1n) is 8.24. The Hall–Kier alpha value is -1.46. The largest absolute Gasteiger partial charge is 0.463 e. The van der Waals surface area contributed by atoms with E-state index in [1.165, 1.54) is 49.3 Å². The highest BCUT2D eigenvalue weighted by Crippen LogP contribution is 2.39. The molecule has 0 saturated carbocycles. The molecule has 0 radical (unpaired) electrons. The van der Waals surface area contributed by atoms with Crippen molar-refractivity contribution in [1.29, 1.82) is 0 Å². The van der Waals surface area contributed by atoms with Crippen LogP contribution in [0.25, 0.3) is 0 Å². The molecule has 154 valence electrons. The van der Waals surface area contributed by atoms with Crippen LogP contribution >= 0.6 is 21.6 Å². The Morgan fingerprint density at radius 2 is 1.33 bits per heavy atom. The maximum absolute atomic E-state index is 11.6. The average Bonchev–Trinajstić information content (AvgIpc) is 2.54. The third kappa shape index (κ3) is 7.97. The maximum atomic E-state index is 11.6. The molecule has 1 saturated heterocycles. The third-order valence-corrected chi connectivity index (χ3v) is 5.85. The molecule has 0 spiro atoms. The van der Waals surface area contributed by atoms with Gasteiger partial charge in [0.2, 0.25) is 0 Å². The lowest BCUT2D eigenvalue weighted by Gasteiger charge is -2.43. The van der Waals surface area contributed by atoms with Gasteiger partial charge in [-0.2, -0.15) is 0 Å². The highest BCUT2D eigenvalue weighted by molar-refractivity contribution is 8.76. The molecule has 0 aliphatic carbocycles. The van der Waals surface area contributed by atoms with Gasteiger partial charge in [-0.1, -0.05) is 28.5 Å². The molecule has 0 unspecified atom stereocenters. The van der Waals surface area contributed by atoms with Gasteiger partial charge in [0.25, 0.3) is 0 Å². The van der Waals surface area contributed by atoms with Crippen molar-refractivity contribution in [2.75, 3.05) is 12.4 Å². The fourth-order valence-corrected chi connectivity index (χ4v) is 4.45. The number of hydrogen-bond donors (Lipinski definition) is 0. The quantitative estimate of drug-likeness (QED) is 0.320.